The van der Waals surface area contributed by atoms with Gasteiger partial charge in [-0.15, -0.1) is 0 Å². The van der Waals surface area contributed by atoms with Crippen LogP contribution in [-0.2, 0) is 0 Å². The van der Waals surface area contributed by atoms with Gasteiger partial charge in [-0.25, -0.2) is 0 Å². The molecular weight excluding hydrogens is 246 g/mol. The molecule has 0 heterocycles. The van der Waals surface area contributed by atoms with Gasteiger partial charge in [0.15, 0.2) is 0 Å². The molecule has 0 fully saturated rings. The van der Waals surface area contributed by atoms with Crippen LogP contribution in [0.2, 0.25) is 0 Å². The maximum Gasteiger partial charge on any atom is 0.122 e. The number of nitrogens with one attached hydrogen (secondary N) is 1. The second kappa shape index (κ2) is 7.11. The summed E-state index contributed by atoms with van der Waals surface area (Å²) in [6.07, 6.45) is 1.12. The molecule has 0 aliphatic heterocycles. The summed E-state index contributed by atoms with van der Waals surface area (Å²) in [7, 11) is 1.73. The first kappa shape index (κ1) is 14.6. The fraction of sp³-hybridized carbons (Fsp3) is 0.333. The first-order chi connectivity index (χ1) is 9.76. The van der Waals surface area contributed by atoms with Crippen LogP contribution in [-0.4, -0.2) is 13.7 Å². The summed E-state index contributed by atoms with van der Waals surface area (Å²) < 4.78 is 5.45. The molecule has 1 unspecified atom stereocenters. The maximum absolute atomic E-state index is 5.45. The third-order valence-corrected chi connectivity index (χ3v) is 3.50. The third-order valence-electron chi connectivity index (χ3n) is 3.50. The lowest BCUT2D eigenvalue weighted by molar-refractivity contribution is 0.410. The molecule has 0 radical (unpaired) electrons. The van der Waals surface area contributed by atoms with Crippen molar-refractivity contribution in [2.75, 3.05) is 13.7 Å². The van der Waals surface area contributed by atoms with E-state index in [1.54, 1.807) is 7.11 Å². The van der Waals surface area contributed by atoms with Crippen molar-refractivity contribution >= 4 is 0 Å². The lowest BCUT2D eigenvalue weighted by Crippen LogP contribution is -2.23. The molecule has 0 saturated heterocycles. The van der Waals surface area contributed by atoms with Crippen molar-refractivity contribution in [2.45, 2.75) is 26.3 Å². The fourth-order valence-electron chi connectivity index (χ4n) is 2.38. The van der Waals surface area contributed by atoms with E-state index in [1.807, 2.05) is 0 Å². The molecule has 2 rings (SSSR count). The van der Waals surface area contributed by atoms with Gasteiger partial charge in [0.1, 0.15) is 5.75 Å². The van der Waals surface area contributed by atoms with Crippen LogP contribution < -0.4 is 10.1 Å². The van der Waals surface area contributed by atoms with E-state index in [2.05, 4.69) is 67.7 Å². The minimum absolute atomic E-state index is 0.214. The van der Waals surface area contributed by atoms with E-state index in [0.29, 0.717) is 0 Å². The summed E-state index contributed by atoms with van der Waals surface area (Å²) in [5.74, 6) is 0.946. The van der Waals surface area contributed by atoms with Gasteiger partial charge < -0.3 is 10.1 Å². The molecule has 0 bridgehead atoms. The largest absolute Gasteiger partial charge is 0.496 e. The molecule has 106 valence electrons. The van der Waals surface area contributed by atoms with Gasteiger partial charge in [0.05, 0.1) is 13.2 Å². The van der Waals surface area contributed by atoms with Gasteiger partial charge in [-0.3, -0.25) is 0 Å². The number of benzene rings is 2. The van der Waals surface area contributed by atoms with Crippen LogP contribution in [0.5, 0.6) is 5.75 Å². The monoisotopic (exact) mass is 269 g/mol. The first-order valence-corrected chi connectivity index (χ1v) is 7.19. The van der Waals surface area contributed by atoms with E-state index >= 15 is 0 Å². The van der Waals surface area contributed by atoms with E-state index < -0.39 is 0 Å². The Hall–Kier alpha value is -1.80. The predicted molar refractivity (Wildman–Crippen MR) is 84.3 cm³/mol. The van der Waals surface area contributed by atoms with Crippen LogP contribution in [0, 0.1) is 6.92 Å². The molecule has 0 aliphatic carbocycles. The molecule has 0 saturated carbocycles. The maximum atomic E-state index is 5.45. The SMILES string of the molecule is CCCNC(c1ccccc1)c1ccc(C)c(OC)c1. The van der Waals surface area contributed by atoms with Crippen molar-refractivity contribution in [3.63, 3.8) is 0 Å². The number of methoxy groups -OCH3 is 1. The molecule has 2 aromatic rings. The molecule has 0 aliphatic rings. The highest BCUT2D eigenvalue weighted by Crippen LogP contribution is 2.27. The second-order valence-electron chi connectivity index (χ2n) is 5.03. The average Bonchev–Trinajstić information content (AvgIpc) is 2.50. The van der Waals surface area contributed by atoms with E-state index in [9.17, 15) is 0 Å². The number of ether oxygens (including phenoxy) is 1. The van der Waals surface area contributed by atoms with Crippen LogP contribution in [0.1, 0.15) is 36.1 Å². The molecular formula is C18H23NO. The van der Waals surface area contributed by atoms with Crippen LogP contribution in [0.3, 0.4) is 0 Å². The quantitative estimate of drug-likeness (QED) is 0.852. The van der Waals surface area contributed by atoms with Gasteiger partial charge >= 0.3 is 0 Å². The highest BCUT2D eigenvalue weighted by atomic mass is 16.5. The fourth-order valence-corrected chi connectivity index (χ4v) is 2.38. The highest BCUT2D eigenvalue weighted by molar-refractivity contribution is 5.41. The van der Waals surface area contributed by atoms with Gasteiger partial charge in [0, 0.05) is 0 Å². The molecule has 20 heavy (non-hydrogen) atoms. The molecule has 2 aromatic carbocycles. The van der Waals surface area contributed by atoms with Crippen molar-refractivity contribution in [3.05, 3.63) is 65.2 Å². The van der Waals surface area contributed by atoms with Crippen LogP contribution in [0.25, 0.3) is 0 Å². The summed E-state index contributed by atoms with van der Waals surface area (Å²) in [5.41, 5.74) is 3.69. The molecule has 2 nitrogen and oxygen atoms in total. The van der Waals surface area contributed by atoms with Crippen molar-refractivity contribution in [1.29, 1.82) is 0 Å². The lowest BCUT2D eigenvalue weighted by atomic mass is 9.97. The Morgan fingerprint density at radius 3 is 2.45 bits per heavy atom. The van der Waals surface area contributed by atoms with E-state index in [-0.39, 0.29) is 6.04 Å². The van der Waals surface area contributed by atoms with Crippen molar-refractivity contribution in [2.24, 2.45) is 0 Å². The minimum atomic E-state index is 0.214. The lowest BCUT2D eigenvalue weighted by Gasteiger charge is -2.20. The highest BCUT2D eigenvalue weighted by Gasteiger charge is 2.14. The van der Waals surface area contributed by atoms with Crippen LogP contribution in [0.15, 0.2) is 48.5 Å². The van der Waals surface area contributed by atoms with Crippen molar-refractivity contribution in [1.82, 2.24) is 5.32 Å². The Balaban J connectivity index is 2.36. The molecule has 2 heteroatoms. The van der Waals surface area contributed by atoms with Gasteiger partial charge in [0.25, 0.3) is 0 Å². The Labute approximate surface area is 121 Å². The Morgan fingerprint density at radius 1 is 1.05 bits per heavy atom. The third kappa shape index (κ3) is 3.40. The zero-order chi connectivity index (χ0) is 14.4. The van der Waals surface area contributed by atoms with E-state index in [4.69, 9.17) is 4.74 Å². The molecule has 0 aromatic heterocycles. The van der Waals surface area contributed by atoms with Crippen molar-refractivity contribution in [3.8, 4) is 5.75 Å². The van der Waals surface area contributed by atoms with Crippen LogP contribution >= 0.6 is 0 Å². The topological polar surface area (TPSA) is 21.3 Å². The first-order valence-electron chi connectivity index (χ1n) is 7.19. The summed E-state index contributed by atoms with van der Waals surface area (Å²) in [6.45, 7) is 5.25. The molecule has 0 spiro atoms. The summed E-state index contributed by atoms with van der Waals surface area (Å²) in [6, 6.07) is 17.2. The molecule has 1 N–H and O–H groups in total. The Morgan fingerprint density at radius 2 is 1.80 bits per heavy atom. The smallest absolute Gasteiger partial charge is 0.122 e. The Kier molecular flexibility index (Phi) is 5.19. The second-order valence-corrected chi connectivity index (χ2v) is 5.03. The standard InChI is InChI=1S/C18H23NO/c1-4-12-19-18(15-8-6-5-7-9-15)16-11-10-14(2)17(13-16)20-3/h5-11,13,18-19H,4,12H2,1-3H3. The number of hydrogen-bond acceptors (Lipinski definition) is 2. The van der Waals surface area contributed by atoms with Gasteiger partial charge in [-0.05, 0) is 42.6 Å². The average molecular weight is 269 g/mol. The van der Waals surface area contributed by atoms with Gasteiger partial charge in [-0.1, -0.05) is 49.4 Å². The molecule has 0 amide bonds. The summed E-state index contributed by atoms with van der Waals surface area (Å²) in [5, 5.41) is 3.62. The zero-order valence-electron chi connectivity index (χ0n) is 12.5. The molecule has 1 atom stereocenters. The van der Waals surface area contributed by atoms with Gasteiger partial charge in [-0.2, -0.15) is 0 Å². The van der Waals surface area contributed by atoms with Gasteiger partial charge in [0.2, 0.25) is 0 Å². The predicted octanol–water partition coefficient (Wildman–Crippen LogP) is 4.09. The van der Waals surface area contributed by atoms with Crippen molar-refractivity contribution < 1.29 is 4.74 Å². The zero-order valence-corrected chi connectivity index (χ0v) is 12.5. The Bertz CT molecular complexity index is 536. The summed E-state index contributed by atoms with van der Waals surface area (Å²) in [4.78, 5) is 0. The normalized spacial score (nSPS) is 12.2. The number of aryl methyl sites for hydroxylation is 1. The number of rotatable bonds is 6. The number of hydrogen-bond donors (Lipinski definition) is 1. The minimum Gasteiger partial charge on any atom is -0.496 e. The van der Waals surface area contributed by atoms with E-state index in [1.165, 1.54) is 16.7 Å². The van der Waals surface area contributed by atoms with Crippen LogP contribution in [0.4, 0.5) is 0 Å². The van der Waals surface area contributed by atoms with E-state index in [0.717, 1.165) is 18.7 Å². The summed E-state index contributed by atoms with van der Waals surface area (Å²) >= 11 is 0.